The molecule has 2 fully saturated rings. The Hall–Kier alpha value is -1.65. The molecule has 2 aromatic heterocycles. The first-order chi connectivity index (χ1) is 9.73. The van der Waals surface area contributed by atoms with Crippen LogP contribution in [0.25, 0.3) is 11.5 Å². The lowest BCUT2D eigenvalue weighted by molar-refractivity contribution is 0.266. The van der Waals surface area contributed by atoms with E-state index in [0.29, 0.717) is 11.3 Å². The molecule has 0 saturated heterocycles. The average Bonchev–Trinajstić information content (AvgIpc) is 3.34. The first-order valence-electron chi connectivity index (χ1n) is 7.71. The topological polar surface area (TPSA) is 59.4 Å². The van der Waals surface area contributed by atoms with Gasteiger partial charge in [-0.3, -0.25) is 5.10 Å². The highest BCUT2D eigenvalue weighted by atomic mass is 15.3. The van der Waals surface area contributed by atoms with Crippen molar-refractivity contribution in [3.8, 4) is 11.5 Å². The van der Waals surface area contributed by atoms with Crippen LogP contribution in [0.15, 0.2) is 6.07 Å². The molecule has 0 radical (unpaired) electrons. The average molecular weight is 269 g/mol. The molecule has 5 rings (SSSR count). The summed E-state index contributed by atoms with van der Waals surface area (Å²) in [7, 11) is 0. The fraction of sp³-hybridized carbons (Fsp3) is 0.667. The molecule has 0 amide bonds. The maximum atomic E-state index is 4.46. The zero-order valence-corrected chi connectivity index (χ0v) is 11.8. The molecule has 2 aliphatic carbocycles. The van der Waals surface area contributed by atoms with E-state index in [1.165, 1.54) is 31.4 Å². The number of aromatic amines is 1. The van der Waals surface area contributed by atoms with Crippen LogP contribution in [-0.4, -0.2) is 25.0 Å². The molecule has 5 heteroatoms. The predicted molar refractivity (Wildman–Crippen MR) is 74.1 cm³/mol. The first-order valence-corrected chi connectivity index (χ1v) is 7.71. The molecule has 3 heterocycles. The van der Waals surface area contributed by atoms with E-state index in [9.17, 15) is 0 Å². The van der Waals surface area contributed by atoms with Crippen molar-refractivity contribution < 1.29 is 0 Å². The van der Waals surface area contributed by atoms with Crippen LogP contribution in [0, 0.1) is 11.3 Å². The van der Waals surface area contributed by atoms with Gasteiger partial charge in [-0.25, -0.2) is 0 Å². The fourth-order valence-corrected chi connectivity index (χ4v) is 3.71. The summed E-state index contributed by atoms with van der Waals surface area (Å²) in [6.07, 6.45) is 6.43. The summed E-state index contributed by atoms with van der Waals surface area (Å²) in [6.45, 7) is 3.46. The van der Waals surface area contributed by atoms with Crippen molar-refractivity contribution in [2.75, 3.05) is 0 Å². The van der Waals surface area contributed by atoms with Crippen LogP contribution in [0.5, 0.6) is 0 Å². The monoisotopic (exact) mass is 269 g/mol. The number of rotatable bonds is 3. The van der Waals surface area contributed by atoms with Crippen molar-refractivity contribution >= 4 is 0 Å². The first kappa shape index (κ1) is 11.1. The molecule has 1 aliphatic heterocycles. The predicted octanol–water partition coefficient (Wildman–Crippen LogP) is 2.52. The number of nitrogens with zero attached hydrogens (tertiary/aromatic N) is 4. The smallest absolute Gasteiger partial charge is 0.184 e. The van der Waals surface area contributed by atoms with Crippen molar-refractivity contribution in [3.05, 3.63) is 17.6 Å². The van der Waals surface area contributed by atoms with Crippen LogP contribution >= 0.6 is 0 Å². The van der Waals surface area contributed by atoms with Gasteiger partial charge in [-0.1, -0.05) is 6.92 Å². The summed E-state index contributed by atoms with van der Waals surface area (Å²) < 4.78 is 2.30. The minimum Gasteiger partial charge on any atom is -0.309 e. The third-order valence-electron chi connectivity index (χ3n) is 5.32. The van der Waals surface area contributed by atoms with Crippen LogP contribution in [0.2, 0.25) is 0 Å². The number of hydrogen-bond donors (Lipinski definition) is 1. The molecule has 1 atom stereocenters. The lowest BCUT2D eigenvalue weighted by Crippen LogP contribution is -2.21. The number of nitrogens with one attached hydrogen (secondary N) is 1. The Kier molecular flexibility index (Phi) is 1.94. The lowest BCUT2D eigenvalue weighted by Gasteiger charge is -2.22. The third-order valence-corrected chi connectivity index (χ3v) is 5.32. The Balaban J connectivity index is 1.51. The van der Waals surface area contributed by atoms with Crippen LogP contribution in [0.1, 0.15) is 50.0 Å². The summed E-state index contributed by atoms with van der Waals surface area (Å²) in [5, 5.41) is 16.4. The van der Waals surface area contributed by atoms with Gasteiger partial charge in [0.1, 0.15) is 11.5 Å². The molecule has 1 N–H and O–H groups in total. The molecular formula is C15H19N5. The van der Waals surface area contributed by atoms with Gasteiger partial charge in [0, 0.05) is 24.6 Å². The SMILES string of the molecule is CC1(C2CC2)Cc2nnc(-c3cc(C4CC4)[nH]n3)n2C1. The van der Waals surface area contributed by atoms with E-state index in [0.717, 1.165) is 36.2 Å². The molecule has 2 aromatic rings. The molecule has 2 saturated carbocycles. The zero-order valence-electron chi connectivity index (χ0n) is 11.8. The van der Waals surface area contributed by atoms with Gasteiger partial charge in [-0.05, 0) is 43.1 Å². The van der Waals surface area contributed by atoms with Gasteiger partial charge >= 0.3 is 0 Å². The summed E-state index contributed by atoms with van der Waals surface area (Å²) in [5.41, 5.74) is 2.63. The van der Waals surface area contributed by atoms with Crippen molar-refractivity contribution in [2.45, 2.75) is 51.5 Å². The Labute approximate surface area is 117 Å². The second-order valence-electron chi connectivity index (χ2n) is 7.11. The molecule has 104 valence electrons. The largest absolute Gasteiger partial charge is 0.309 e. The molecule has 20 heavy (non-hydrogen) atoms. The highest BCUT2D eigenvalue weighted by molar-refractivity contribution is 5.51. The van der Waals surface area contributed by atoms with Crippen molar-refractivity contribution in [1.29, 1.82) is 0 Å². The molecule has 0 spiro atoms. The van der Waals surface area contributed by atoms with E-state index in [1.807, 2.05) is 0 Å². The standard InChI is InChI=1S/C15H19N5/c1-15(10-4-5-10)7-13-18-19-14(20(13)8-15)12-6-11(16-17-12)9-2-3-9/h6,9-10H,2-5,7-8H2,1H3,(H,16,17). The second-order valence-corrected chi connectivity index (χ2v) is 7.11. The van der Waals surface area contributed by atoms with E-state index < -0.39 is 0 Å². The van der Waals surface area contributed by atoms with Gasteiger partial charge in [-0.2, -0.15) is 5.10 Å². The summed E-state index contributed by atoms with van der Waals surface area (Å²) in [4.78, 5) is 0. The summed E-state index contributed by atoms with van der Waals surface area (Å²) in [5.74, 6) is 3.69. The highest BCUT2D eigenvalue weighted by Crippen LogP contribution is 2.51. The number of hydrogen-bond acceptors (Lipinski definition) is 3. The van der Waals surface area contributed by atoms with Gasteiger partial charge in [0.2, 0.25) is 0 Å². The number of H-pyrrole nitrogens is 1. The molecule has 0 aromatic carbocycles. The maximum Gasteiger partial charge on any atom is 0.184 e. The van der Waals surface area contributed by atoms with Crippen molar-refractivity contribution in [2.24, 2.45) is 11.3 Å². The third kappa shape index (κ3) is 1.52. The Morgan fingerprint density at radius 3 is 2.85 bits per heavy atom. The van der Waals surface area contributed by atoms with Gasteiger partial charge in [0.25, 0.3) is 0 Å². The van der Waals surface area contributed by atoms with Gasteiger partial charge < -0.3 is 4.57 Å². The number of aromatic nitrogens is 5. The Morgan fingerprint density at radius 1 is 1.25 bits per heavy atom. The fourth-order valence-electron chi connectivity index (χ4n) is 3.71. The molecule has 3 aliphatic rings. The highest BCUT2D eigenvalue weighted by Gasteiger charge is 2.47. The van der Waals surface area contributed by atoms with Crippen LogP contribution in [0.4, 0.5) is 0 Å². The van der Waals surface area contributed by atoms with E-state index in [2.05, 4.69) is 38.0 Å². The van der Waals surface area contributed by atoms with Crippen LogP contribution in [-0.2, 0) is 13.0 Å². The van der Waals surface area contributed by atoms with Crippen molar-refractivity contribution in [1.82, 2.24) is 25.0 Å². The van der Waals surface area contributed by atoms with Gasteiger partial charge in [0.15, 0.2) is 5.82 Å². The van der Waals surface area contributed by atoms with E-state index >= 15 is 0 Å². The summed E-state index contributed by atoms with van der Waals surface area (Å²) >= 11 is 0. The molecule has 5 nitrogen and oxygen atoms in total. The normalized spacial score (nSPS) is 28.9. The molecular weight excluding hydrogens is 250 g/mol. The number of fused-ring (bicyclic) bond motifs is 1. The quantitative estimate of drug-likeness (QED) is 0.931. The zero-order chi connectivity index (χ0) is 13.3. The summed E-state index contributed by atoms with van der Waals surface area (Å²) in [6, 6.07) is 2.17. The van der Waals surface area contributed by atoms with Crippen molar-refractivity contribution in [3.63, 3.8) is 0 Å². The minimum atomic E-state index is 0.398. The molecule has 0 bridgehead atoms. The minimum absolute atomic E-state index is 0.398. The maximum absolute atomic E-state index is 4.46. The van der Waals surface area contributed by atoms with Crippen LogP contribution in [0.3, 0.4) is 0 Å². The van der Waals surface area contributed by atoms with Gasteiger partial charge in [-0.15, -0.1) is 10.2 Å². The van der Waals surface area contributed by atoms with Crippen LogP contribution < -0.4 is 0 Å². The Morgan fingerprint density at radius 2 is 2.10 bits per heavy atom. The Bertz CT molecular complexity index is 676. The van der Waals surface area contributed by atoms with E-state index in [4.69, 9.17) is 0 Å². The van der Waals surface area contributed by atoms with E-state index in [-0.39, 0.29) is 0 Å². The molecule has 1 unspecified atom stereocenters. The van der Waals surface area contributed by atoms with Gasteiger partial charge in [0.05, 0.1) is 0 Å². The van der Waals surface area contributed by atoms with E-state index in [1.54, 1.807) is 0 Å². The second kappa shape index (κ2) is 3.51. The lowest BCUT2D eigenvalue weighted by atomic mass is 9.83.